The molecule has 2 N–H and O–H groups in total. The lowest BCUT2D eigenvalue weighted by Crippen LogP contribution is -2.44. The molecule has 2 rings (SSSR count). The standard InChI is InChI=1S/C20H31F3N4O2/c1-3-28-9-10-29-14-17-6-4-5-16(11-17)12-25-19(24-2)26-18-7-8-27(13-18)15-20(21,22)23/h4-6,11,18H,3,7-10,12-15H2,1-2H3,(H2,24,25,26). The van der Waals surface area contributed by atoms with E-state index in [9.17, 15) is 13.2 Å². The van der Waals surface area contributed by atoms with Crippen LogP contribution in [0.4, 0.5) is 13.2 Å². The van der Waals surface area contributed by atoms with Gasteiger partial charge in [0.25, 0.3) is 0 Å². The van der Waals surface area contributed by atoms with Gasteiger partial charge in [0.05, 0.1) is 26.4 Å². The second kappa shape index (κ2) is 12.0. The lowest BCUT2D eigenvalue weighted by Gasteiger charge is -2.20. The first kappa shape index (κ1) is 23.4. The molecule has 9 heteroatoms. The van der Waals surface area contributed by atoms with Crippen LogP contribution in [0.3, 0.4) is 0 Å². The van der Waals surface area contributed by atoms with Crippen molar-refractivity contribution in [3.05, 3.63) is 35.4 Å². The van der Waals surface area contributed by atoms with E-state index < -0.39 is 12.7 Å². The molecule has 0 spiro atoms. The number of nitrogens with one attached hydrogen (secondary N) is 2. The number of likely N-dealkylation sites (tertiary alicyclic amines) is 1. The van der Waals surface area contributed by atoms with Gasteiger partial charge < -0.3 is 20.1 Å². The number of halogens is 3. The Labute approximate surface area is 170 Å². The topological polar surface area (TPSA) is 58.1 Å². The van der Waals surface area contributed by atoms with Gasteiger partial charge in [0.1, 0.15) is 0 Å². The quantitative estimate of drug-likeness (QED) is 0.349. The van der Waals surface area contributed by atoms with Crippen molar-refractivity contribution in [3.63, 3.8) is 0 Å². The molecule has 1 atom stereocenters. The lowest BCUT2D eigenvalue weighted by atomic mass is 10.1. The van der Waals surface area contributed by atoms with Gasteiger partial charge in [-0.25, -0.2) is 0 Å². The zero-order valence-electron chi connectivity index (χ0n) is 17.1. The highest BCUT2D eigenvalue weighted by molar-refractivity contribution is 5.80. The lowest BCUT2D eigenvalue weighted by molar-refractivity contribution is -0.143. The fourth-order valence-corrected chi connectivity index (χ4v) is 3.20. The van der Waals surface area contributed by atoms with Gasteiger partial charge in [-0.2, -0.15) is 13.2 Å². The highest BCUT2D eigenvalue weighted by Crippen LogP contribution is 2.19. The normalized spacial score (nSPS) is 18.2. The molecule has 0 amide bonds. The molecule has 6 nitrogen and oxygen atoms in total. The summed E-state index contributed by atoms with van der Waals surface area (Å²) in [5.74, 6) is 0.585. The minimum absolute atomic E-state index is 0.0476. The van der Waals surface area contributed by atoms with Crippen molar-refractivity contribution in [2.75, 3.05) is 46.5 Å². The minimum atomic E-state index is -4.16. The number of aliphatic imine (C=N–C) groups is 1. The summed E-state index contributed by atoms with van der Waals surface area (Å²) < 4.78 is 48.4. The highest BCUT2D eigenvalue weighted by atomic mass is 19.4. The van der Waals surface area contributed by atoms with Crippen molar-refractivity contribution >= 4 is 5.96 Å². The number of guanidine groups is 1. The molecule has 1 aromatic carbocycles. The van der Waals surface area contributed by atoms with Crippen LogP contribution in [0, 0.1) is 0 Å². The predicted octanol–water partition coefficient (Wildman–Crippen LogP) is 2.54. The third-order valence-corrected chi connectivity index (χ3v) is 4.54. The van der Waals surface area contributed by atoms with E-state index >= 15 is 0 Å². The van der Waals surface area contributed by atoms with E-state index in [0.29, 0.717) is 58.4 Å². The molecule has 0 aromatic heterocycles. The summed E-state index contributed by atoms with van der Waals surface area (Å²) in [6, 6.07) is 7.99. The molecule has 0 radical (unpaired) electrons. The van der Waals surface area contributed by atoms with Crippen LogP contribution in [0.1, 0.15) is 24.5 Å². The second-order valence-corrected chi connectivity index (χ2v) is 6.98. The molecule has 1 heterocycles. The number of benzene rings is 1. The fourth-order valence-electron chi connectivity index (χ4n) is 3.20. The van der Waals surface area contributed by atoms with Crippen LogP contribution in [0.2, 0.25) is 0 Å². The van der Waals surface area contributed by atoms with Gasteiger partial charge in [0.2, 0.25) is 0 Å². The minimum Gasteiger partial charge on any atom is -0.379 e. The Morgan fingerprint density at radius 3 is 2.72 bits per heavy atom. The van der Waals surface area contributed by atoms with Crippen molar-refractivity contribution in [1.29, 1.82) is 0 Å². The van der Waals surface area contributed by atoms with Gasteiger partial charge in [-0.3, -0.25) is 9.89 Å². The molecule has 1 fully saturated rings. The molecule has 1 aromatic rings. The molecular weight excluding hydrogens is 385 g/mol. The van der Waals surface area contributed by atoms with Crippen LogP contribution in [-0.2, 0) is 22.6 Å². The maximum absolute atomic E-state index is 12.5. The van der Waals surface area contributed by atoms with Crippen LogP contribution in [-0.4, -0.2) is 69.6 Å². The first-order valence-electron chi connectivity index (χ1n) is 9.89. The Morgan fingerprint density at radius 2 is 2.00 bits per heavy atom. The average molecular weight is 416 g/mol. The summed E-state index contributed by atoms with van der Waals surface area (Å²) in [7, 11) is 1.65. The molecule has 1 unspecified atom stereocenters. The van der Waals surface area contributed by atoms with E-state index in [1.54, 1.807) is 7.05 Å². The first-order chi connectivity index (χ1) is 13.9. The maximum atomic E-state index is 12.5. The molecule has 1 aliphatic rings. The van der Waals surface area contributed by atoms with Gasteiger partial charge in [-0.05, 0) is 24.5 Å². The number of rotatable bonds is 10. The molecular formula is C20H31F3N4O2. The maximum Gasteiger partial charge on any atom is 0.401 e. The summed E-state index contributed by atoms with van der Waals surface area (Å²) in [5, 5.41) is 6.44. The first-order valence-corrected chi connectivity index (χ1v) is 9.89. The Morgan fingerprint density at radius 1 is 1.24 bits per heavy atom. The molecule has 0 bridgehead atoms. The van der Waals surface area contributed by atoms with Crippen molar-refractivity contribution in [2.45, 2.75) is 38.7 Å². The summed E-state index contributed by atoms with van der Waals surface area (Å²) in [6.07, 6.45) is -3.50. The van der Waals surface area contributed by atoms with Crippen molar-refractivity contribution in [3.8, 4) is 0 Å². The second-order valence-electron chi connectivity index (χ2n) is 6.98. The number of nitrogens with zero attached hydrogens (tertiary/aromatic N) is 2. The fraction of sp³-hybridized carbons (Fsp3) is 0.650. The van der Waals surface area contributed by atoms with Gasteiger partial charge in [-0.1, -0.05) is 24.3 Å². The third-order valence-electron chi connectivity index (χ3n) is 4.54. The Kier molecular flexibility index (Phi) is 9.69. The van der Waals surface area contributed by atoms with E-state index in [4.69, 9.17) is 9.47 Å². The zero-order chi connectivity index (χ0) is 21.1. The average Bonchev–Trinajstić information content (AvgIpc) is 3.10. The van der Waals surface area contributed by atoms with Crippen molar-refractivity contribution in [2.24, 2.45) is 4.99 Å². The zero-order valence-corrected chi connectivity index (χ0v) is 17.1. The van der Waals surface area contributed by atoms with Gasteiger partial charge >= 0.3 is 6.18 Å². The summed E-state index contributed by atoms with van der Waals surface area (Å²) in [4.78, 5) is 5.60. The predicted molar refractivity (Wildman–Crippen MR) is 107 cm³/mol. The van der Waals surface area contributed by atoms with Gasteiger partial charge in [0, 0.05) is 39.3 Å². The van der Waals surface area contributed by atoms with E-state index in [2.05, 4.69) is 21.7 Å². The Hall–Kier alpha value is -1.84. The van der Waals surface area contributed by atoms with Crippen LogP contribution >= 0.6 is 0 Å². The van der Waals surface area contributed by atoms with Crippen LogP contribution in [0.5, 0.6) is 0 Å². The monoisotopic (exact) mass is 416 g/mol. The number of hydrogen-bond donors (Lipinski definition) is 2. The number of alkyl halides is 3. The summed E-state index contributed by atoms with van der Waals surface area (Å²) in [6.45, 7) is 4.77. The molecule has 0 saturated carbocycles. The van der Waals surface area contributed by atoms with Gasteiger partial charge in [-0.15, -0.1) is 0 Å². The summed E-state index contributed by atoms with van der Waals surface area (Å²) in [5.41, 5.74) is 2.14. The van der Waals surface area contributed by atoms with Crippen molar-refractivity contribution < 1.29 is 22.6 Å². The Bertz CT molecular complexity index is 640. The van der Waals surface area contributed by atoms with Crippen molar-refractivity contribution in [1.82, 2.24) is 15.5 Å². The van der Waals surface area contributed by atoms with E-state index in [-0.39, 0.29) is 6.04 Å². The summed E-state index contributed by atoms with van der Waals surface area (Å²) >= 11 is 0. The third kappa shape index (κ3) is 9.47. The van der Waals surface area contributed by atoms with Crippen LogP contribution in [0.15, 0.2) is 29.3 Å². The van der Waals surface area contributed by atoms with E-state index in [0.717, 1.165) is 11.1 Å². The van der Waals surface area contributed by atoms with Gasteiger partial charge in [0.15, 0.2) is 5.96 Å². The van der Waals surface area contributed by atoms with E-state index in [1.165, 1.54) is 4.90 Å². The molecule has 1 aliphatic heterocycles. The smallest absolute Gasteiger partial charge is 0.379 e. The Balaban J connectivity index is 1.74. The van der Waals surface area contributed by atoms with Crippen LogP contribution in [0.25, 0.3) is 0 Å². The molecule has 1 saturated heterocycles. The molecule has 164 valence electrons. The van der Waals surface area contributed by atoms with Crippen LogP contribution < -0.4 is 10.6 Å². The largest absolute Gasteiger partial charge is 0.401 e. The number of hydrogen-bond acceptors (Lipinski definition) is 4. The number of ether oxygens (including phenoxy) is 2. The SMILES string of the molecule is CCOCCOCc1cccc(CNC(=NC)NC2CCN(CC(F)(F)F)C2)c1. The molecule has 29 heavy (non-hydrogen) atoms. The highest BCUT2D eigenvalue weighted by Gasteiger charge is 2.34. The van der Waals surface area contributed by atoms with E-state index in [1.807, 2.05) is 25.1 Å². The molecule has 0 aliphatic carbocycles.